The summed E-state index contributed by atoms with van der Waals surface area (Å²) >= 11 is 7.47. The summed E-state index contributed by atoms with van der Waals surface area (Å²) in [4.78, 5) is 14.2. The molecular weight excluding hydrogens is 425 g/mol. The third-order valence-electron chi connectivity index (χ3n) is 4.67. The van der Waals surface area contributed by atoms with Gasteiger partial charge in [0.15, 0.2) is 0 Å². The smallest absolute Gasteiger partial charge is 0.282 e. The van der Waals surface area contributed by atoms with Crippen LogP contribution >= 0.6 is 22.9 Å². The van der Waals surface area contributed by atoms with Gasteiger partial charge in [-0.25, -0.2) is 4.39 Å². The summed E-state index contributed by atoms with van der Waals surface area (Å²) in [5, 5.41) is 3.81. The van der Waals surface area contributed by atoms with Crippen molar-refractivity contribution in [3.05, 3.63) is 57.0 Å². The molecule has 0 spiro atoms. The predicted octanol–water partition coefficient (Wildman–Crippen LogP) is 3.07. The van der Waals surface area contributed by atoms with E-state index in [0.29, 0.717) is 31.6 Å². The van der Waals surface area contributed by atoms with E-state index in [9.17, 15) is 17.6 Å². The minimum Gasteiger partial charge on any atom is -0.337 e. The van der Waals surface area contributed by atoms with Crippen LogP contribution in [0.25, 0.3) is 0 Å². The SMILES string of the molecule is CN(Cc1c(F)cccc1Cl)S(=O)(=O)N1CCCN(C(=O)c2ccsc2)CC1. The van der Waals surface area contributed by atoms with Crippen molar-refractivity contribution in [2.24, 2.45) is 0 Å². The first-order chi connectivity index (χ1) is 13.3. The highest BCUT2D eigenvalue weighted by Gasteiger charge is 2.31. The van der Waals surface area contributed by atoms with Crippen LogP contribution in [0.4, 0.5) is 4.39 Å². The van der Waals surface area contributed by atoms with Crippen LogP contribution in [0.2, 0.25) is 5.02 Å². The second-order valence-corrected chi connectivity index (χ2v) is 9.74. The normalized spacial score (nSPS) is 16.4. The lowest BCUT2D eigenvalue weighted by Crippen LogP contribution is -2.43. The number of hydrogen-bond acceptors (Lipinski definition) is 4. The maximum absolute atomic E-state index is 14.0. The molecule has 3 rings (SSSR count). The highest BCUT2D eigenvalue weighted by Crippen LogP contribution is 2.23. The molecular formula is C18H21ClFN3O3S2. The molecule has 1 aromatic carbocycles. The number of benzene rings is 1. The van der Waals surface area contributed by atoms with Crippen LogP contribution in [-0.2, 0) is 16.8 Å². The van der Waals surface area contributed by atoms with E-state index in [4.69, 9.17) is 11.6 Å². The summed E-state index contributed by atoms with van der Waals surface area (Å²) in [6.07, 6.45) is 0.531. The van der Waals surface area contributed by atoms with E-state index in [1.807, 2.05) is 5.38 Å². The van der Waals surface area contributed by atoms with Crippen molar-refractivity contribution in [2.45, 2.75) is 13.0 Å². The Morgan fingerprint density at radius 1 is 1.25 bits per heavy atom. The largest absolute Gasteiger partial charge is 0.337 e. The van der Waals surface area contributed by atoms with Crippen LogP contribution in [0, 0.1) is 5.82 Å². The minimum absolute atomic E-state index is 0.0907. The monoisotopic (exact) mass is 445 g/mol. The van der Waals surface area contributed by atoms with E-state index < -0.39 is 16.0 Å². The Balaban J connectivity index is 1.69. The topological polar surface area (TPSA) is 60.9 Å². The average molecular weight is 446 g/mol. The molecule has 152 valence electrons. The molecule has 1 aliphatic heterocycles. The average Bonchev–Trinajstić information content (AvgIpc) is 3.08. The lowest BCUT2D eigenvalue weighted by atomic mass is 10.2. The molecule has 2 heterocycles. The Hall–Kier alpha value is -1.52. The molecule has 0 aliphatic carbocycles. The maximum Gasteiger partial charge on any atom is 0.282 e. The first-order valence-electron chi connectivity index (χ1n) is 8.76. The second kappa shape index (κ2) is 8.87. The summed E-state index contributed by atoms with van der Waals surface area (Å²) in [6.45, 7) is 1.12. The molecule has 1 amide bonds. The number of hydrogen-bond donors (Lipinski definition) is 0. The molecule has 0 saturated carbocycles. The molecule has 1 fully saturated rings. The first kappa shape index (κ1) is 21.2. The van der Waals surface area contributed by atoms with Gasteiger partial charge in [-0.05, 0) is 30.0 Å². The van der Waals surface area contributed by atoms with E-state index in [1.54, 1.807) is 16.3 Å². The van der Waals surface area contributed by atoms with Gasteiger partial charge < -0.3 is 4.90 Å². The molecule has 0 N–H and O–H groups in total. The van der Waals surface area contributed by atoms with Gasteiger partial charge in [0, 0.05) is 55.7 Å². The van der Waals surface area contributed by atoms with E-state index >= 15 is 0 Å². The lowest BCUT2D eigenvalue weighted by Gasteiger charge is -2.27. The number of amides is 1. The Bertz CT molecular complexity index is 917. The zero-order valence-corrected chi connectivity index (χ0v) is 17.7. The fourth-order valence-corrected chi connectivity index (χ4v) is 5.29. The number of carbonyl (C=O) groups excluding carboxylic acids is 1. The van der Waals surface area contributed by atoms with Crippen molar-refractivity contribution in [3.63, 3.8) is 0 Å². The maximum atomic E-state index is 14.0. The number of nitrogens with zero attached hydrogens (tertiary/aromatic N) is 3. The molecule has 0 radical (unpaired) electrons. The van der Waals surface area contributed by atoms with Gasteiger partial charge in [0.05, 0.1) is 5.56 Å². The molecule has 0 atom stereocenters. The van der Waals surface area contributed by atoms with Gasteiger partial charge in [-0.15, -0.1) is 0 Å². The van der Waals surface area contributed by atoms with Gasteiger partial charge in [0.2, 0.25) is 0 Å². The Morgan fingerprint density at radius 2 is 2.04 bits per heavy atom. The summed E-state index contributed by atoms with van der Waals surface area (Å²) < 4.78 is 42.4. The van der Waals surface area contributed by atoms with Crippen molar-refractivity contribution in [1.29, 1.82) is 0 Å². The first-order valence-corrected chi connectivity index (χ1v) is 11.5. The fourth-order valence-electron chi connectivity index (χ4n) is 3.08. The van der Waals surface area contributed by atoms with Gasteiger partial charge in [-0.3, -0.25) is 4.79 Å². The minimum atomic E-state index is -3.81. The molecule has 2 aromatic rings. The molecule has 1 aromatic heterocycles. The highest BCUT2D eigenvalue weighted by molar-refractivity contribution is 7.86. The number of carbonyl (C=O) groups is 1. The lowest BCUT2D eigenvalue weighted by molar-refractivity contribution is 0.0764. The van der Waals surface area contributed by atoms with E-state index in [2.05, 4.69) is 0 Å². The van der Waals surface area contributed by atoms with E-state index in [0.717, 1.165) is 4.31 Å². The van der Waals surface area contributed by atoms with Gasteiger partial charge in [-0.1, -0.05) is 17.7 Å². The van der Waals surface area contributed by atoms with Gasteiger partial charge >= 0.3 is 0 Å². The second-order valence-electron chi connectivity index (χ2n) is 6.52. The van der Waals surface area contributed by atoms with Crippen molar-refractivity contribution in [1.82, 2.24) is 13.5 Å². The van der Waals surface area contributed by atoms with Crippen LogP contribution in [0.5, 0.6) is 0 Å². The highest BCUT2D eigenvalue weighted by atomic mass is 35.5. The molecule has 10 heteroatoms. The Labute approximate surface area is 173 Å². The zero-order chi connectivity index (χ0) is 20.3. The zero-order valence-electron chi connectivity index (χ0n) is 15.3. The standard InChI is InChI=1S/C18H21ClFN3O3S2/c1-21(12-15-16(19)4-2-5-17(15)20)28(25,26)23-8-3-7-22(9-10-23)18(24)14-6-11-27-13-14/h2,4-6,11,13H,3,7-10,12H2,1H3. The molecule has 28 heavy (non-hydrogen) atoms. The molecule has 0 unspecified atom stereocenters. The van der Waals surface area contributed by atoms with Gasteiger partial charge in [0.1, 0.15) is 5.82 Å². The van der Waals surface area contributed by atoms with Crippen LogP contribution in [0.3, 0.4) is 0 Å². The van der Waals surface area contributed by atoms with Gasteiger partial charge in [-0.2, -0.15) is 28.4 Å². The summed E-state index contributed by atoms with van der Waals surface area (Å²) in [6, 6.07) is 6.02. The van der Waals surface area contributed by atoms with E-state index in [-0.39, 0.29) is 29.6 Å². The van der Waals surface area contributed by atoms with Crippen LogP contribution < -0.4 is 0 Å². The van der Waals surface area contributed by atoms with Crippen molar-refractivity contribution < 1.29 is 17.6 Å². The summed E-state index contributed by atoms with van der Waals surface area (Å²) in [7, 11) is -2.41. The third-order valence-corrected chi connectivity index (χ3v) is 7.64. The molecule has 1 saturated heterocycles. The van der Waals surface area contributed by atoms with Crippen LogP contribution in [-0.4, -0.2) is 61.1 Å². The fraction of sp³-hybridized carbons (Fsp3) is 0.389. The number of halogens is 2. The third kappa shape index (κ3) is 4.55. The predicted molar refractivity (Wildman–Crippen MR) is 108 cm³/mol. The molecule has 6 nitrogen and oxygen atoms in total. The molecule has 1 aliphatic rings. The Morgan fingerprint density at radius 3 is 2.71 bits per heavy atom. The van der Waals surface area contributed by atoms with Crippen molar-refractivity contribution >= 4 is 39.1 Å². The van der Waals surface area contributed by atoms with Gasteiger partial charge in [0.25, 0.3) is 16.1 Å². The van der Waals surface area contributed by atoms with Crippen molar-refractivity contribution in [3.8, 4) is 0 Å². The van der Waals surface area contributed by atoms with Crippen LogP contribution in [0.1, 0.15) is 22.3 Å². The summed E-state index contributed by atoms with van der Waals surface area (Å²) in [5.41, 5.74) is 0.756. The molecule has 0 bridgehead atoms. The number of thiophene rings is 1. The van der Waals surface area contributed by atoms with Crippen molar-refractivity contribution in [2.75, 3.05) is 33.2 Å². The van der Waals surface area contributed by atoms with E-state index in [1.165, 1.54) is 40.9 Å². The summed E-state index contributed by atoms with van der Waals surface area (Å²) in [5.74, 6) is -0.634. The number of rotatable bonds is 5. The van der Waals surface area contributed by atoms with Crippen LogP contribution in [0.15, 0.2) is 35.0 Å². The quantitative estimate of drug-likeness (QED) is 0.710. The Kier molecular flexibility index (Phi) is 6.72.